The number of hydrogen-bond acceptors (Lipinski definition) is 4. The molecular weight excluding hydrogens is 292 g/mol. The molecule has 0 aliphatic carbocycles. The van der Waals surface area contributed by atoms with Gasteiger partial charge in [0.2, 0.25) is 0 Å². The van der Waals surface area contributed by atoms with Gasteiger partial charge in [-0.25, -0.2) is 0 Å². The highest BCUT2D eigenvalue weighted by Crippen LogP contribution is 2.15. The zero-order chi connectivity index (χ0) is 16.8. The highest BCUT2D eigenvalue weighted by atomic mass is 16.5. The molecule has 3 N–H and O–H groups in total. The summed E-state index contributed by atoms with van der Waals surface area (Å²) >= 11 is 0. The number of amides is 1. The minimum atomic E-state index is -0.481. The lowest BCUT2D eigenvalue weighted by Crippen LogP contribution is -2.33. The van der Waals surface area contributed by atoms with E-state index >= 15 is 0 Å². The molecule has 0 aliphatic rings. The molecule has 1 heterocycles. The van der Waals surface area contributed by atoms with Crippen LogP contribution >= 0.6 is 0 Å². The second-order valence-corrected chi connectivity index (χ2v) is 5.81. The van der Waals surface area contributed by atoms with Crippen LogP contribution in [0.25, 0.3) is 0 Å². The molecule has 6 heteroatoms. The number of benzene rings is 1. The quantitative estimate of drug-likeness (QED) is 0.778. The number of ether oxygens (including phenoxy) is 1. The van der Waals surface area contributed by atoms with Crippen molar-refractivity contribution < 1.29 is 9.53 Å². The topological polar surface area (TPSA) is 82.2 Å². The molecule has 0 saturated heterocycles. The van der Waals surface area contributed by atoms with Crippen molar-refractivity contribution in [1.82, 2.24) is 15.1 Å². The van der Waals surface area contributed by atoms with E-state index < -0.39 is 5.91 Å². The molecule has 2 rings (SSSR count). The molecule has 0 spiro atoms. The van der Waals surface area contributed by atoms with Crippen LogP contribution in [0.2, 0.25) is 0 Å². The Kier molecular flexibility index (Phi) is 5.76. The molecule has 23 heavy (non-hydrogen) atoms. The second kappa shape index (κ2) is 7.78. The van der Waals surface area contributed by atoms with E-state index in [-0.39, 0.29) is 18.7 Å². The average molecular weight is 316 g/mol. The number of rotatable bonds is 8. The van der Waals surface area contributed by atoms with Gasteiger partial charge in [0.05, 0.1) is 12.2 Å². The Morgan fingerprint density at radius 2 is 2.22 bits per heavy atom. The second-order valence-electron chi connectivity index (χ2n) is 5.81. The fraction of sp³-hybridized carbons (Fsp3) is 0.412. The predicted octanol–water partition coefficient (Wildman–Crippen LogP) is 1.79. The normalized spacial score (nSPS) is 13.5. The van der Waals surface area contributed by atoms with Crippen molar-refractivity contribution in [3.8, 4) is 5.75 Å². The van der Waals surface area contributed by atoms with E-state index in [0.717, 1.165) is 11.1 Å². The number of aromatic nitrogens is 2. The molecule has 0 bridgehead atoms. The summed E-state index contributed by atoms with van der Waals surface area (Å²) in [6.07, 6.45) is 3.91. The number of primary amides is 1. The molecule has 1 aromatic carbocycles. The largest absolute Gasteiger partial charge is 0.484 e. The van der Waals surface area contributed by atoms with E-state index in [1.165, 1.54) is 0 Å². The first-order valence-electron chi connectivity index (χ1n) is 7.70. The third-order valence-electron chi connectivity index (χ3n) is 3.78. The van der Waals surface area contributed by atoms with Crippen molar-refractivity contribution in [2.75, 3.05) is 6.61 Å². The highest BCUT2D eigenvalue weighted by Gasteiger charge is 2.14. The first-order valence-corrected chi connectivity index (χ1v) is 7.70. The number of carbonyl (C=O) groups is 1. The number of hydrogen-bond donors (Lipinski definition) is 2. The lowest BCUT2D eigenvalue weighted by molar-refractivity contribution is -0.119. The smallest absolute Gasteiger partial charge is 0.255 e. The maximum atomic E-state index is 10.8. The molecule has 0 radical (unpaired) electrons. The molecule has 0 saturated carbocycles. The Balaban J connectivity index is 1.89. The molecule has 6 nitrogen and oxygen atoms in total. The fourth-order valence-electron chi connectivity index (χ4n) is 2.23. The van der Waals surface area contributed by atoms with Crippen molar-refractivity contribution in [3.05, 3.63) is 47.8 Å². The maximum absolute atomic E-state index is 10.8. The Labute approximate surface area is 136 Å². The van der Waals surface area contributed by atoms with Crippen LogP contribution in [0.1, 0.15) is 31.0 Å². The van der Waals surface area contributed by atoms with Crippen molar-refractivity contribution in [2.45, 2.75) is 39.4 Å². The van der Waals surface area contributed by atoms with Gasteiger partial charge in [-0.3, -0.25) is 9.48 Å². The van der Waals surface area contributed by atoms with Crippen LogP contribution in [-0.2, 0) is 11.3 Å². The van der Waals surface area contributed by atoms with Crippen LogP contribution < -0.4 is 15.8 Å². The lowest BCUT2D eigenvalue weighted by Gasteiger charge is -2.22. The van der Waals surface area contributed by atoms with E-state index in [1.807, 2.05) is 48.3 Å². The van der Waals surface area contributed by atoms with E-state index in [0.29, 0.717) is 12.3 Å². The summed E-state index contributed by atoms with van der Waals surface area (Å²) < 4.78 is 7.29. The van der Waals surface area contributed by atoms with Gasteiger partial charge >= 0.3 is 0 Å². The first-order chi connectivity index (χ1) is 11.0. The average Bonchev–Trinajstić information content (AvgIpc) is 2.96. The molecule has 0 fully saturated rings. The van der Waals surface area contributed by atoms with Crippen molar-refractivity contribution >= 4 is 5.91 Å². The van der Waals surface area contributed by atoms with Crippen LogP contribution in [0.15, 0.2) is 36.7 Å². The van der Waals surface area contributed by atoms with Crippen LogP contribution in [0, 0.1) is 6.92 Å². The zero-order valence-electron chi connectivity index (χ0n) is 13.8. The van der Waals surface area contributed by atoms with E-state index in [2.05, 4.69) is 24.3 Å². The van der Waals surface area contributed by atoms with Crippen molar-refractivity contribution in [1.29, 1.82) is 0 Å². The van der Waals surface area contributed by atoms with Gasteiger partial charge in [-0.05, 0) is 44.0 Å². The number of nitrogens with two attached hydrogens (primary N) is 1. The van der Waals surface area contributed by atoms with Crippen LogP contribution in [0.3, 0.4) is 0 Å². The van der Waals surface area contributed by atoms with Crippen molar-refractivity contribution in [3.63, 3.8) is 0 Å². The Hall–Kier alpha value is -2.34. The van der Waals surface area contributed by atoms with Crippen molar-refractivity contribution in [2.24, 2.45) is 5.73 Å². The van der Waals surface area contributed by atoms with Gasteiger partial charge in [-0.1, -0.05) is 12.1 Å². The summed E-state index contributed by atoms with van der Waals surface area (Å²) in [7, 11) is 0. The predicted molar refractivity (Wildman–Crippen MR) is 89.1 cm³/mol. The van der Waals surface area contributed by atoms with Gasteiger partial charge in [0.25, 0.3) is 5.91 Å². The molecule has 1 amide bonds. The maximum Gasteiger partial charge on any atom is 0.255 e. The Bertz CT molecular complexity index is 654. The number of carbonyl (C=O) groups excluding carboxylic acids is 1. The van der Waals surface area contributed by atoms with Gasteiger partial charge in [0, 0.05) is 18.8 Å². The van der Waals surface area contributed by atoms with E-state index in [4.69, 9.17) is 10.5 Å². The highest BCUT2D eigenvalue weighted by molar-refractivity contribution is 5.75. The molecule has 1 aromatic heterocycles. The third-order valence-corrected chi connectivity index (χ3v) is 3.78. The zero-order valence-corrected chi connectivity index (χ0v) is 13.8. The first kappa shape index (κ1) is 17.0. The van der Waals surface area contributed by atoms with Gasteiger partial charge in [0.15, 0.2) is 6.61 Å². The summed E-state index contributed by atoms with van der Waals surface area (Å²) in [6.45, 7) is 6.90. The SMILES string of the molecule is Cc1cnn([C@H](C)[C@@H](C)NCc2cccc(OCC(N)=O)c2)c1. The number of nitrogens with one attached hydrogen (secondary N) is 1. The monoisotopic (exact) mass is 316 g/mol. The van der Waals surface area contributed by atoms with Gasteiger partial charge in [0.1, 0.15) is 5.75 Å². The fourth-order valence-corrected chi connectivity index (χ4v) is 2.23. The molecule has 0 aliphatic heterocycles. The summed E-state index contributed by atoms with van der Waals surface area (Å²) in [5.41, 5.74) is 7.32. The molecule has 124 valence electrons. The summed E-state index contributed by atoms with van der Waals surface area (Å²) in [6, 6.07) is 8.14. The standard InChI is InChI=1S/C17H24N4O2/c1-12-8-20-21(10-12)14(3)13(2)19-9-15-5-4-6-16(7-15)23-11-17(18)22/h4-8,10,13-14,19H,9,11H2,1-3H3,(H2,18,22)/t13-,14-/m1/s1. The van der Waals surface area contributed by atoms with Crippen LogP contribution in [0.5, 0.6) is 5.75 Å². The Morgan fingerprint density at radius 1 is 1.43 bits per heavy atom. The van der Waals surface area contributed by atoms with Crippen LogP contribution in [-0.4, -0.2) is 28.3 Å². The van der Waals surface area contributed by atoms with E-state index in [1.54, 1.807) is 0 Å². The summed E-state index contributed by atoms with van der Waals surface area (Å²) in [5.74, 6) is 0.164. The van der Waals surface area contributed by atoms with Gasteiger partial charge in [-0.15, -0.1) is 0 Å². The number of nitrogens with zero attached hydrogens (tertiary/aromatic N) is 2. The summed E-state index contributed by atoms with van der Waals surface area (Å²) in [5, 5.41) is 7.85. The van der Waals surface area contributed by atoms with E-state index in [9.17, 15) is 4.79 Å². The minimum absolute atomic E-state index is 0.108. The van der Waals surface area contributed by atoms with Gasteiger partial charge < -0.3 is 15.8 Å². The molecule has 2 aromatic rings. The van der Waals surface area contributed by atoms with Gasteiger partial charge in [-0.2, -0.15) is 5.10 Å². The minimum Gasteiger partial charge on any atom is -0.484 e. The summed E-state index contributed by atoms with van der Waals surface area (Å²) in [4.78, 5) is 10.8. The third kappa shape index (κ3) is 5.10. The van der Waals surface area contributed by atoms with Crippen LogP contribution in [0.4, 0.5) is 0 Å². The molecular formula is C17H24N4O2. The Morgan fingerprint density at radius 3 is 2.87 bits per heavy atom. The lowest BCUT2D eigenvalue weighted by atomic mass is 10.1. The molecule has 2 atom stereocenters. The molecule has 0 unspecified atom stereocenters. The number of aryl methyl sites for hydroxylation is 1.